The fourth-order valence-corrected chi connectivity index (χ4v) is 3.35. The number of hydrogen-bond donors (Lipinski definition) is 3. The van der Waals surface area contributed by atoms with E-state index in [4.69, 9.17) is 18.9 Å². The molecule has 0 aliphatic heterocycles. The van der Waals surface area contributed by atoms with E-state index in [1.807, 2.05) is 6.07 Å². The van der Waals surface area contributed by atoms with E-state index in [0.29, 0.717) is 36.6 Å². The van der Waals surface area contributed by atoms with Gasteiger partial charge in [0.1, 0.15) is 29.9 Å². The Bertz CT molecular complexity index is 1210. The smallest absolute Gasteiger partial charge is 0.413 e. The van der Waals surface area contributed by atoms with Gasteiger partial charge in [-0.05, 0) is 55.7 Å². The average molecular weight is 550 g/mol. The van der Waals surface area contributed by atoms with Crippen LogP contribution in [0.4, 0.5) is 14.4 Å². The predicted molar refractivity (Wildman–Crippen MR) is 145 cm³/mol. The highest BCUT2D eigenvalue weighted by Gasteiger charge is 2.23. The van der Waals surface area contributed by atoms with Gasteiger partial charge in [0, 0.05) is 6.54 Å². The van der Waals surface area contributed by atoms with E-state index in [-0.39, 0.29) is 19.6 Å². The fourth-order valence-electron chi connectivity index (χ4n) is 3.35. The van der Waals surface area contributed by atoms with Crippen LogP contribution in [0.2, 0.25) is 0 Å². The van der Waals surface area contributed by atoms with Gasteiger partial charge >= 0.3 is 24.2 Å². The van der Waals surface area contributed by atoms with Crippen LogP contribution < -0.4 is 30.2 Å². The van der Waals surface area contributed by atoms with Gasteiger partial charge in [0.15, 0.2) is 0 Å². The Kier molecular flexibility index (Phi) is 12.3. The highest BCUT2D eigenvalue weighted by molar-refractivity contribution is 5.82. The summed E-state index contributed by atoms with van der Waals surface area (Å²) in [5.74, 6) is 0.418. The zero-order chi connectivity index (χ0) is 28.4. The fraction of sp³-hybridized carbons (Fsp3) is 0.241. The molecule has 210 valence electrons. The van der Waals surface area contributed by atoms with Crippen molar-refractivity contribution >= 4 is 24.2 Å². The van der Waals surface area contributed by atoms with Gasteiger partial charge in [-0.15, -0.1) is 0 Å². The lowest BCUT2D eigenvalue weighted by Gasteiger charge is -2.18. The van der Waals surface area contributed by atoms with Crippen LogP contribution in [0.3, 0.4) is 0 Å². The van der Waals surface area contributed by atoms with E-state index in [0.717, 1.165) is 0 Å². The van der Waals surface area contributed by atoms with Crippen LogP contribution in [-0.2, 0) is 9.53 Å². The van der Waals surface area contributed by atoms with Crippen LogP contribution in [0, 0.1) is 0 Å². The molecule has 1 unspecified atom stereocenters. The Balaban J connectivity index is 1.41. The first-order valence-corrected chi connectivity index (χ1v) is 12.7. The second-order valence-electron chi connectivity index (χ2n) is 8.32. The highest BCUT2D eigenvalue weighted by Crippen LogP contribution is 2.11. The third kappa shape index (κ3) is 11.5. The lowest BCUT2D eigenvalue weighted by molar-refractivity contribution is -0.146. The molecule has 11 nitrogen and oxygen atoms in total. The van der Waals surface area contributed by atoms with Gasteiger partial charge < -0.3 is 34.9 Å². The van der Waals surface area contributed by atoms with Gasteiger partial charge in [0.25, 0.3) is 0 Å². The first-order valence-electron chi connectivity index (χ1n) is 12.7. The first-order chi connectivity index (χ1) is 19.5. The summed E-state index contributed by atoms with van der Waals surface area (Å²) in [5.41, 5.74) is 0. The second-order valence-corrected chi connectivity index (χ2v) is 8.32. The van der Waals surface area contributed by atoms with Gasteiger partial charge in [0.05, 0.1) is 6.54 Å². The molecule has 0 radical (unpaired) electrons. The minimum Gasteiger partial charge on any atom is -0.462 e. The number of hydrogen-bond acceptors (Lipinski definition) is 8. The maximum Gasteiger partial charge on any atom is 0.413 e. The second kappa shape index (κ2) is 16.7. The maximum atomic E-state index is 12.7. The molecule has 0 aliphatic carbocycles. The van der Waals surface area contributed by atoms with Gasteiger partial charge in [-0.1, -0.05) is 54.6 Å². The molecule has 0 heterocycles. The monoisotopic (exact) mass is 549 g/mol. The molecule has 0 fully saturated rings. The largest absolute Gasteiger partial charge is 0.462 e. The Morgan fingerprint density at radius 1 is 0.575 bits per heavy atom. The summed E-state index contributed by atoms with van der Waals surface area (Å²) in [6.45, 7) is 0.170. The summed E-state index contributed by atoms with van der Waals surface area (Å²) >= 11 is 0. The molecule has 3 aromatic carbocycles. The molecule has 40 heavy (non-hydrogen) atoms. The SMILES string of the molecule is O=C(NCCCCC(NC(=O)Oc1ccccc1)C(=O)OCCNC(=O)Oc1ccccc1)Oc1ccccc1. The Morgan fingerprint density at radius 2 is 1.02 bits per heavy atom. The highest BCUT2D eigenvalue weighted by atomic mass is 16.6. The molecule has 3 aromatic rings. The molecule has 0 aliphatic rings. The first kappa shape index (κ1) is 29.5. The molecule has 3 N–H and O–H groups in total. The van der Waals surface area contributed by atoms with Gasteiger partial charge in [-0.25, -0.2) is 19.2 Å². The molecule has 3 amide bonds. The van der Waals surface area contributed by atoms with Crippen molar-refractivity contribution in [3.05, 3.63) is 91.0 Å². The van der Waals surface area contributed by atoms with Crippen LogP contribution >= 0.6 is 0 Å². The van der Waals surface area contributed by atoms with E-state index < -0.39 is 30.3 Å². The molecule has 0 aromatic heterocycles. The third-order valence-electron chi connectivity index (χ3n) is 5.24. The van der Waals surface area contributed by atoms with E-state index >= 15 is 0 Å². The summed E-state index contributed by atoms with van der Waals surface area (Å²) < 4.78 is 20.7. The average Bonchev–Trinajstić information content (AvgIpc) is 2.96. The molecule has 0 bridgehead atoms. The van der Waals surface area contributed by atoms with Crippen molar-refractivity contribution in [3.63, 3.8) is 0 Å². The van der Waals surface area contributed by atoms with E-state index in [2.05, 4.69) is 16.0 Å². The van der Waals surface area contributed by atoms with Crippen LogP contribution in [-0.4, -0.2) is 50.0 Å². The molecule has 0 saturated carbocycles. The topological polar surface area (TPSA) is 141 Å². The van der Waals surface area contributed by atoms with E-state index in [1.165, 1.54) is 0 Å². The molecule has 0 saturated heterocycles. The minimum atomic E-state index is -1.01. The maximum absolute atomic E-state index is 12.7. The predicted octanol–water partition coefficient (Wildman–Crippen LogP) is 4.43. The number of para-hydroxylation sites is 3. The lowest BCUT2D eigenvalue weighted by atomic mass is 10.1. The van der Waals surface area contributed by atoms with Crippen molar-refractivity contribution in [1.82, 2.24) is 16.0 Å². The van der Waals surface area contributed by atoms with Gasteiger partial charge in [0.2, 0.25) is 0 Å². The summed E-state index contributed by atoms with van der Waals surface area (Å²) in [6, 6.07) is 24.6. The van der Waals surface area contributed by atoms with Crippen LogP contribution in [0.1, 0.15) is 19.3 Å². The van der Waals surface area contributed by atoms with Crippen molar-refractivity contribution in [3.8, 4) is 17.2 Å². The number of carbonyl (C=O) groups excluding carboxylic acids is 4. The quantitative estimate of drug-likeness (QED) is 0.210. The normalized spacial score (nSPS) is 10.9. The number of benzene rings is 3. The van der Waals surface area contributed by atoms with Crippen molar-refractivity contribution in [1.29, 1.82) is 0 Å². The molecule has 11 heteroatoms. The number of unbranched alkanes of at least 4 members (excludes halogenated alkanes) is 1. The number of nitrogens with one attached hydrogen (secondary N) is 3. The zero-order valence-electron chi connectivity index (χ0n) is 21.7. The van der Waals surface area contributed by atoms with Crippen LogP contribution in [0.5, 0.6) is 17.2 Å². The van der Waals surface area contributed by atoms with Crippen LogP contribution in [0.15, 0.2) is 91.0 Å². The molecule has 1 atom stereocenters. The number of esters is 1. The molecular formula is C29H31N3O8. The van der Waals surface area contributed by atoms with Crippen molar-refractivity contribution in [2.24, 2.45) is 0 Å². The number of ether oxygens (including phenoxy) is 4. The number of carbonyl (C=O) groups is 4. The summed E-state index contributed by atoms with van der Waals surface area (Å²) in [5, 5.41) is 7.64. The lowest BCUT2D eigenvalue weighted by Crippen LogP contribution is -2.44. The molecule has 3 rings (SSSR count). The standard InChI is InChI=1S/C29H31N3O8/c33-26(37-21-20-31-28(35)39-23-14-6-2-7-15-23)25(32-29(36)40-24-16-8-3-9-17-24)18-10-11-19-30-27(34)38-22-12-4-1-5-13-22/h1-9,12-17,25H,10-11,18-21H2,(H,30,34)(H,31,35)(H,32,36). The minimum absolute atomic E-state index is 0.00599. The van der Waals surface area contributed by atoms with E-state index in [1.54, 1.807) is 84.9 Å². The number of rotatable bonds is 13. The number of amides is 3. The van der Waals surface area contributed by atoms with Crippen LogP contribution in [0.25, 0.3) is 0 Å². The third-order valence-corrected chi connectivity index (χ3v) is 5.24. The summed E-state index contributed by atoms with van der Waals surface area (Å²) in [6.07, 6.45) is -0.898. The van der Waals surface area contributed by atoms with Crippen molar-refractivity contribution < 1.29 is 38.1 Å². The zero-order valence-corrected chi connectivity index (χ0v) is 21.7. The Labute approximate surface area is 231 Å². The van der Waals surface area contributed by atoms with Crippen molar-refractivity contribution in [2.45, 2.75) is 25.3 Å². The van der Waals surface area contributed by atoms with Gasteiger partial charge in [-0.2, -0.15) is 0 Å². The Morgan fingerprint density at radius 3 is 1.52 bits per heavy atom. The van der Waals surface area contributed by atoms with E-state index in [9.17, 15) is 19.2 Å². The summed E-state index contributed by atoms with van der Waals surface area (Å²) in [7, 11) is 0. The molecular weight excluding hydrogens is 518 g/mol. The molecule has 0 spiro atoms. The van der Waals surface area contributed by atoms with Gasteiger partial charge in [-0.3, -0.25) is 0 Å². The summed E-state index contributed by atoms with van der Waals surface area (Å²) in [4.78, 5) is 48.9. The Hall–Kier alpha value is -5.06. The van der Waals surface area contributed by atoms with Crippen molar-refractivity contribution in [2.75, 3.05) is 19.7 Å².